The average molecular weight is 390 g/mol. The van der Waals surface area contributed by atoms with Gasteiger partial charge in [0, 0.05) is 18.2 Å². The first-order valence-electron chi connectivity index (χ1n) is 8.44. The minimum absolute atomic E-state index is 0.0408. The van der Waals surface area contributed by atoms with Crippen LogP contribution in [0.4, 0.5) is 0 Å². The van der Waals surface area contributed by atoms with Crippen molar-refractivity contribution in [1.82, 2.24) is 25.3 Å². The number of benzene rings is 1. The zero-order valence-electron chi connectivity index (χ0n) is 14.4. The monoisotopic (exact) mass is 389 g/mol. The summed E-state index contributed by atoms with van der Waals surface area (Å²) in [5.41, 5.74) is 2.57. The predicted octanol–water partition coefficient (Wildman–Crippen LogP) is 3.63. The molecule has 0 aliphatic carbocycles. The molecule has 8 heteroatoms. The van der Waals surface area contributed by atoms with Crippen molar-refractivity contribution in [2.45, 2.75) is 37.3 Å². The number of nitrogens with zero attached hydrogens (tertiary/aromatic N) is 3. The normalized spacial score (nSPS) is 12.2. The number of aromatic nitrogens is 4. The zero-order valence-corrected chi connectivity index (χ0v) is 16.0. The summed E-state index contributed by atoms with van der Waals surface area (Å²) in [5, 5.41) is 3.92. The fourth-order valence-electron chi connectivity index (χ4n) is 2.57. The molecule has 0 saturated carbocycles. The maximum absolute atomic E-state index is 12.1. The van der Waals surface area contributed by atoms with Crippen molar-refractivity contribution in [3.05, 3.63) is 47.5 Å². The van der Waals surface area contributed by atoms with Gasteiger partial charge in [-0.15, -0.1) is 11.8 Å². The number of imidazole rings is 1. The van der Waals surface area contributed by atoms with E-state index in [1.165, 1.54) is 17.3 Å². The van der Waals surface area contributed by atoms with Crippen LogP contribution in [0.1, 0.15) is 25.3 Å². The number of carbonyl (C=O) groups is 1. The highest BCUT2D eigenvalue weighted by Crippen LogP contribution is 2.24. The van der Waals surface area contributed by atoms with Gasteiger partial charge in [-0.3, -0.25) is 4.79 Å². The lowest BCUT2D eigenvalue weighted by Crippen LogP contribution is -2.33. The van der Waals surface area contributed by atoms with Gasteiger partial charge in [-0.1, -0.05) is 30.3 Å². The highest BCUT2D eigenvalue weighted by molar-refractivity contribution is 7.99. The molecule has 3 aromatic rings. The van der Waals surface area contributed by atoms with E-state index in [2.05, 4.69) is 37.4 Å². The summed E-state index contributed by atoms with van der Waals surface area (Å²) in [5.74, 6) is 0.651. The standard InChI is InChI=1S/C18H20ClN5OS/c1-12(7-8-13-5-3-2-4-6-13)22-14(25)9-10-26-17-15-16(21-11-20-15)23-18(19)24-17/h2-6,11-12H,7-10H2,1H3,(H,22,25)(H,20,21,23,24)/t12-/m1/s1. The first-order chi connectivity index (χ1) is 12.6. The number of hydrogen-bond donors (Lipinski definition) is 2. The minimum atomic E-state index is 0.0408. The van der Waals surface area contributed by atoms with E-state index in [4.69, 9.17) is 11.6 Å². The Morgan fingerprint density at radius 3 is 2.92 bits per heavy atom. The van der Waals surface area contributed by atoms with Crippen molar-refractivity contribution in [1.29, 1.82) is 0 Å². The van der Waals surface area contributed by atoms with Crippen LogP contribution >= 0.6 is 23.4 Å². The van der Waals surface area contributed by atoms with Crippen molar-refractivity contribution in [2.24, 2.45) is 0 Å². The molecule has 0 unspecified atom stereocenters. The van der Waals surface area contributed by atoms with Crippen LogP contribution in [0.5, 0.6) is 0 Å². The number of aromatic amines is 1. The summed E-state index contributed by atoms with van der Waals surface area (Å²) in [7, 11) is 0. The lowest BCUT2D eigenvalue weighted by molar-refractivity contribution is -0.121. The highest BCUT2D eigenvalue weighted by Gasteiger charge is 2.12. The van der Waals surface area contributed by atoms with Gasteiger partial charge in [-0.2, -0.15) is 4.98 Å². The van der Waals surface area contributed by atoms with E-state index in [-0.39, 0.29) is 17.2 Å². The van der Waals surface area contributed by atoms with Gasteiger partial charge < -0.3 is 10.3 Å². The molecule has 0 radical (unpaired) electrons. The third-order valence-corrected chi connectivity index (χ3v) is 5.06. The maximum atomic E-state index is 12.1. The maximum Gasteiger partial charge on any atom is 0.225 e. The molecule has 0 fully saturated rings. The van der Waals surface area contributed by atoms with E-state index < -0.39 is 0 Å². The first kappa shape index (κ1) is 18.7. The second kappa shape index (κ2) is 9.00. The molecule has 2 N–H and O–H groups in total. The van der Waals surface area contributed by atoms with E-state index in [1.54, 1.807) is 6.33 Å². The number of amides is 1. The fraction of sp³-hybridized carbons (Fsp3) is 0.333. The van der Waals surface area contributed by atoms with E-state index in [0.717, 1.165) is 18.4 Å². The smallest absolute Gasteiger partial charge is 0.225 e. The van der Waals surface area contributed by atoms with Gasteiger partial charge in [0.05, 0.1) is 6.33 Å². The molecule has 0 aliphatic rings. The van der Waals surface area contributed by atoms with Gasteiger partial charge in [0.15, 0.2) is 5.65 Å². The van der Waals surface area contributed by atoms with Crippen molar-refractivity contribution in [3.8, 4) is 0 Å². The number of fused-ring (bicyclic) bond motifs is 1. The molecule has 1 atom stereocenters. The van der Waals surface area contributed by atoms with Gasteiger partial charge in [0.2, 0.25) is 11.2 Å². The van der Waals surface area contributed by atoms with Crippen molar-refractivity contribution >= 4 is 40.4 Å². The van der Waals surface area contributed by atoms with Crippen LogP contribution in [0.2, 0.25) is 5.28 Å². The van der Waals surface area contributed by atoms with Crippen molar-refractivity contribution in [3.63, 3.8) is 0 Å². The molecule has 2 heterocycles. The number of halogens is 1. The number of rotatable bonds is 8. The Morgan fingerprint density at radius 1 is 1.31 bits per heavy atom. The molecule has 0 bridgehead atoms. The Hall–Kier alpha value is -2.12. The van der Waals surface area contributed by atoms with Crippen LogP contribution in [0.15, 0.2) is 41.7 Å². The van der Waals surface area contributed by atoms with Crippen LogP contribution in [-0.2, 0) is 11.2 Å². The molecule has 2 aromatic heterocycles. The second-order valence-corrected chi connectivity index (χ2v) is 7.41. The SMILES string of the molecule is C[C@H](CCc1ccccc1)NC(=O)CCSc1nc(Cl)nc2nc[nH]c12. The number of hydrogen-bond acceptors (Lipinski definition) is 5. The molecule has 0 spiro atoms. The molecule has 3 rings (SSSR count). The number of carbonyl (C=O) groups excluding carboxylic acids is 1. The summed E-state index contributed by atoms with van der Waals surface area (Å²) in [6.07, 6.45) is 3.84. The van der Waals surface area contributed by atoms with Gasteiger partial charge in [-0.25, -0.2) is 9.97 Å². The summed E-state index contributed by atoms with van der Waals surface area (Å²) >= 11 is 7.37. The number of H-pyrrole nitrogens is 1. The van der Waals surface area contributed by atoms with Crippen LogP contribution in [0, 0.1) is 0 Å². The predicted molar refractivity (Wildman–Crippen MR) is 104 cm³/mol. The quantitative estimate of drug-likeness (QED) is 0.349. The van der Waals surface area contributed by atoms with E-state index in [1.807, 2.05) is 25.1 Å². The van der Waals surface area contributed by atoms with Crippen LogP contribution in [-0.4, -0.2) is 37.6 Å². The Kier molecular flexibility index (Phi) is 6.46. The van der Waals surface area contributed by atoms with E-state index in [9.17, 15) is 4.79 Å². The summed E-state index contributed by atoms with van der Waals surface area (Å²) < 4.78 is 0. The molecular weight excluding hydrogens is 370 g/mol. The molecule has 6 nitrogen and oxygen atoms in total. The Bertz CT molecular complexity index is 870. The Morgan fingerprint density at radius 2 is 2.12 bits per heavy atom. The summed E-state index contributed by atoms with van der Waals surface area (Å²) in [6.45, 7) is 2.03. The molecule has 136 valence electrons. The van der Waals surface area contributed by atoms with Crippen LogP contribution in [0.25, 0.3) is 11.2 Å². The molecule has 1 amide bonds. The first-order valence-corrected chi connectivity index (χ1v) is 9.81. The van der Waals surface area contributed by atoms with Gasteiger partial charge in [0.1, 0.15) is 10.5 Å². The van der Waals surface area contributed by atoms with Gasteiger partial charge in [-0.05, 0) is 36.9 Å². The van der Waals surface area contributed by atoms with Crippen LogP contribution in [0.3, 0.4) is 0 Å². The van der Waals surface area contributed by atoms with Crippen molar-refractivity contribution in [2.75, 3.05) is 5.75 Å². The van der Waals surface area contributed by atoms with Gasteiger partial charge >= 0.3 is 0 Å². The topological polar surface area (TPSA) is 83.6 Å². The highest BCUT2D eigenvalue weighted by atomic mass is 35.5. The second-order valence-electron chi connectivity index (χ2n) is 5.99. The van der Waals surface area contributed by atoms with Crippen LogP contribution < -0.4 is 5.32 Å². The molecule has 1 aromatic carbocycles. The largest absolute Gasteiger partial charge is 0.354 e. The lowest BCUT2D eigenvalue weighted by Gasteiger charge is -2.13. The number of nitrogens with one attached hydrogen (secondary N) is 2. The summed E-state index contributed by atoms with van der Waals surface area (Å²) in [6, 6.07) is 10.4. The third kappa shape index (κ3) is 5.19. The third-order valence-electron chi connectivity index (χ3n) is 3.91. The van der Waals surface area contributed by atoms with Crippen molar-refractivity contribution < 1.29 is 4.79 Å². The molecule has 26 heavy (non-hydrogen) atoms. The molecular formula is C18H20ClN5OS. The van der Waals surface area contributed by atoms with E-state index in [0.29, 0.717) is 22.8 Å². The average Bonchev–Trinajstić information content (AvgIpc) is 3.09. The number of aryl methyl sites for hydroxylation is 1. The lowest BCUT2D eigenvalue weighted by atomic mass is 10.1. The zero-order chi connectivity index (χ0) is 18.4. The Labute approximate surface area is 161 Å². The van der Waals surface area contributed by atoms with Gasteiger partial charge in [0.25, 0.3) is 0 Å². The fourth-order valence-corrected chi connectivity index (χ4v) is 3.71. The Balaban J connectivity index is 1.43. The van der Waals surface area contributed by atoms with E-state index >= 15 is 0 Å². The molecule has 0 aliphatic heterocycles. The minimum Gasteiger partial charge on any atom is -0.354 e. The number of thioether (sulfide) groups is 1. The molecule has 0 saturated heterocycles. The summed E-state index contributed by atoms with van der Waals surface area (Å²) in [4.78, 5) is 27.5.